The molecule has 0 fully saturated rings. The van der Waals surface area contributed by atoms with E-state index >= 15 is 0 Å². The average molecular weight is 501 g/mol. The SMILES string of the molecule is Cc1cc2c(c3cc(CCc4ccccc4)sc13)-c1cc(C)c3sc(CCc4ccccc4)cc3c1-2. The van der Waals surface area contributed by atoms with Crippen LogP contribution in [-0.4, -0.2) is 0 Å². The second kappa shape index (κ2) is 8.73. The summed E-state index contributed by atoms with van der Waals surface area (Å²) in [5, 5.41) is 2.92. The van der Waals surface area contributed by atoms with Gasteiger partial charge in [0.25, 0.3) is 0 Å². The number of benzene rings is 4. The smallest absolute Gasteiger partial charge is 0.0381 e. The molecule has 0 N–H and O–H groups in total. The lowest BCUT2D eigenvalue weighted by Crippen LogP contribution is -2.01. The summed E-state index contributed by atoms with van der Waals surface area (Å²) in [5.74, 6) is 0. The Kier molecular flexibility index (Phi) is 5.34. The van der Waals surface area contributed by atoms with Gasteiger partial charge in [-0.3, -0.25) is 0 Å². The lowest BCUT2D eigenvalue weighted by Gasteiger charge is -2.27. The molecule has 0 saturated heterocycles. The van der Waals surface area contributed by atoms with Gasteiger partial charge in [0.2, 0.25) is 0 Å². The highest BCUT2D eigenvalue weighted by Gasteiger charge is 2.30. The number of rotatable bonds is 6. The van der Waals surface area contributed by atoms with E-state index in [1.54, 1.807) is 0 Å². The Morgan fingerprint density at radius 1 is 0.500 bits per heavy atom. The first kappa shape index (κ1) is 22.0. The van der Waals surface area contributed by atoms with Crippen LogP contribution in [0.3, 0.4) is 0 Å². The number of hydrogen-bond acceptors (Lipinski definition) is 2. The molecule has 0 amide bonds. The second-order valence-corrected chi connectivity index (χ2v) is 12.4. The molecule has 0 spiro atoms. The predicted octanol–water partition coefficient (Wildman–Crippen LogP) is 9.95. The topological polar surface area (TPSA) is 0 Å². The molecule has 0 nitrogen and oxygen atoms in total. The van der Waals surface area contributed by atoms with Crippen molar-refractivity contribution in [2.24, 2.45) is 0 Å². The fraction of sp³-hybridized carbons (Fsp3) is 0.176. The molecule has 4 aromatic carbocycles. The van der Waals surface area contributed by atoms with Gasteiger partial charge in [-0.2, -0.15) is 0 Å². The molecule has 0 radical (unpaired) electrons. The second-order valence-electron chi connectivity index (χ2n) is 10.1. The minimum atomic E-state index is 1.10. The van der Waals surface area contributed by atoms with Gasteiger partial charge in [-0.25, -0.2) is 0 Å². The molecule has 176 valence electrons. The van der Waals surface area contributed by atoms with Crippen LogP contribution in [0.25, 0.3) is 42.4 Å². The first-order valence-corrected chi connectivity index (χ1v) is 14.5. The summed E-state index contributed by atoms with van der Waals surface area (Å²) in [6.45, 7) is 4.59. The van der Waals surface area contributed by atoms with Crippen molar-refractivity contribution in [2.45, 2.75) is 39.5 Å². The van der Waals surface area contributed by atoms with E-state index in [9.17, 15) is 0 Å². The summed E-state index contributed by atoms with van der Waals surface area (Å²) < 4.78 is 2.93. The van der Waals surface area contributed by atoms with E-state index in [0.29, 0.717) is 0 Å². The number of fused-ring (bicyclic) bond motifs is 8. The van der Waals surface area contributed by atoms with Crippen molar-refractivity contribution in [3.8, 4) is 22.3 Å². The van der Waals surface area contributed by atoms with Gasteiger partial charge in [0.05, 0.1) is 0 Å². The first-order valence-electron chi connectivity index (χ1n) is 12.9. The number of aryl methyl sites for hydroxylation is 6. The molecule has 1 aliphatic carbocycles. The third-order valence-electron chi connectivity index (χ3n) is 7.63. The highest BCUT2D eigenvalue weighted by Crippen LogP contribution is 2.57. The fourth-order valence-electron chi connectivity index (χ4n) is 5.82. The van der Waals surface area contributed by atoms with Crippen molar-refractivity contribution in [2.75, 3.05) is 0 Å². The molecule has 0 unspecified atom stereocenters. The summed E-state index contributed by atoms with van der Waals surface area (Å²) in [5.41, 5.74) is 11.5. The molecule has 2 aromatic heterocycles. The highest BCUT2D eigenvalue weighted by atomic mass is 32.1. The zero-order chi connectivity index (χ0) is 24.2. The largest absolute Gasteiger partial charge is 0.140 e. The van der Waals surface area contributed by atoms with Crippen LogP contribution in [-0.2, 0) is 25.7 Å². The van der Waals surface area contributed by atoms with Crippen LogP contribution in [0.15, 0.2) is 84.9 Å². The lowest BCUT2D eigenvalue weighted by molar-refractivity contribution is 0.982. The summed E-state index contributed by atoms with van der Waals surface area (Å²) in [6.07, 6.45) is 4.42. The summed E-state index contributed by atoms with van der Waals surface area (Å²) >= 11 is 3.99. The Morgan fingerprint density at radius 2 is 0.917 bits per heavy atom. The Hall–Kier alpha value is -3.20. The summed E-state index contributed by atoms with van der Waals surface area (Å²) in [4.78, 5) is 2.99. The van der Waals surface area contributed by atoms with Crippen LogP contribution in [0, 0.1) is 13.8 Å². The molecule has 2 heteroatoms. The van der Waals surface area contributed by atoms with Crippen LogP contribution < -0.4 is 0 Å². The molecule has 0 atom stereocenters. The van der Waals surface area contributed by atoms with Crippen molar-refractivity contribution < 1.29 is 0 Å². The van der Waals surface area contributed by atoms with E-state index in [1.807, 2.05) is 22.7 Å². The van der Waals surface area contributed by atoms with Crippen molar-refractivity contribution in [1.29, 1.82) is 0 Å². The monoisotopic (exact) mass is 500 g/mol. The molecule has 0 saturated carbocycles. The maximum atomic E-state index is 2.48. The maximum Gasteiger partial charge on any atom is 0.0381 e. The third-order valence-corrected chi connectivity index (χ3v) is 10.3. The van der Waals surface area contributed by atoms with Crippen molar-refractivity contribution in [1.82, 2.24) is 0 Å². The van der Waals surface area contributed by atoms with E-state index < -0.39 is 0 Å². The molecule has 2 heterocycles. The minimum Gasteiger partial charge on any atom is -0.140 e. The van der Waals surface area contributed by atoms with Gasteiger partial charge in [-0.05, 0) is 108 Å². The number of thiophene rings is 2. The standard InChI is InChI=1S/C34H28S2/c1-21-17-27-31(29-19-25(35-33(21)29)15-13-23-9-5-3-6-10-23)28-18-22(2)34-30(32(27)28)20-26(36-34)16-14-24-11-7-4-8-12-24/h3-12,17-20H,13-16H2,1-2H3. The van der Waals surface area contributed by atoms with Crippen molar-refractivity contribution >= 4 is 42.8 Å². The molecule has 1 aliphatic rings. The Morgan fingerprint density at radius 3 is 1.33 bits per heavy atom. The highest BCUT2D eigenvalue weighted by molar-refractivity contribution is 7.19. The molecular formula is C34H28S2. The van der Waals surface area contributed by atoms with Crippen molar-refractivity contribution in [3.05, 3.63) is 117 Å². The van der Waals surface area contributed by atoms with Gasteiger partial charge in [0, 0.05) is 29.9 Å². The zero-order valence-electron chi connectivity index (χ0n) is 20.7. The Bertz CT molecular complexity index is 1590. The minimum absolute atomic E-state index is 1.10. The fourth-order valence-corrected chi connectivity index (χ4v) is 8.09. The van der Waals surface area contributed by atoms with Gasteiger partial charge in [-0.1, -0.05) is 60.7 Å². The van der Waals surface area contributed by atoms with Gasteiger partial charge < -0.3 is 0 Å². The van der Waals surface area contributed by atoms with Gasteiger partial charge in [0.15, 0.2) is 0 Å². The average Bonchev–Trinajstić information content (AvgIpc) is 3.51. The zero-order valence-corrected chi connectivity index (χ0v) is 22.4. The third kappa shape index (κ3) is 3.63. The van der Waals surface area contributed by atoms with Gasteiger partial charge in [0.1, 0.15) is 0 Å². The van der Waals surface area contributed by atoms with Gasteiger partial charge >= 0.3 is 0 Å². The number of hydrogen-bond donors (Lipinski definition) is 0. The lowest BCUT2D eigenvalue weighted by atomic mass is 9.75. The van der Waals surface area contributed by atoms with Crippen LogP contribution in [0.1, 0.15) is 32.0 Å². The van der Waals surface area contributed by atoms with E-state index in [4.69, 9.17) is 0 Å². The van der Waals surface area contributed by atoms with Crippen LogP contribution >= 0.6 is 22.7 Å². The molecule has 6 aromatic rings. The molecule has 0 bridgehead atoms. The van der Waals surface area contributed by atoms with Crippen molar-refractivity contribution in [3.63, 3.8) is 0 Å². The van der Waals surface area contributed by atoms with E-state index in [2.05, 4.69) is 98.8 Å². The van der Waals surface area contributed by atoms with Gasteiger partial charge in [-0.15, -0.1) is 22.7 Å². The predicted molar refractivity (Wildman–Crippen MR) is 159 cm³/mol. The van der Waals surface area contributed by atoms with Crippen LogP contribution in [0.5, 0.6) is 0 Å². The molecule has 0 aliphatic heterocycles. The normalized spacial score (nSPS) is 12.1. The Balaban J connectivity index is 1.24. The molecule has 7 rings (SSSR count). The van der Waals surface area contributed by atoms with E-state index in [-0.39, 0.29) is 0 Å². The summed E-state index contributed by atoms with van der Waals surface area (Å²) in [7, 11) is 0. The maximum absolute atomic E-state index is 2.48. The van der Waals surface area contributed by atoms with E-state index in [0.717, 1.165) is 25.7 Å². The van der Waals surface area contributed by atoms with Crippen LogP contribution in [0.2, 0.25) is 0 Å². The first-order chi connectivity index (χ1) is 17.7. The molecular weight excluding hydrogens is 473 g/mol. The Labute approximate surface area is 220 Å². The quantitative estimate of drug-likeness (QED) is 0.213. The van der Waals surface area contributed by atoms with E-state index in [1.165, 1.54) is 74.4 Å². The molecule has 36 heavy (non-hydrogen) atoms. The summed E-state index contributed by atoms with van der Waals surface area (Å²) in [6, 6.07) is 31.6. The van der Waals surface area contributed by atoms with Crippen LogP contribution in [0.4, 0.5) is 0 Å².